The van der Waals surface area contributed by atoms with E-state index in [1.165, 1.54) is 18.4 Å². The SMILES string of the molecule is C=CCCCCCCOc1ccc2cc(-c3ccc(CC)cc3)c(=O)oc2c1. The van der Waals surface area contributed by atoms with E-state index in [0.717, 1.165) is 42.4 Å². The van der Waals surface area contributed by atoms with Crippen molar-refractivity contribution in [2.24, 2.45) is 0 Å². The summed E-state index contributed by atoms with van der Waals surface area (Å²) in [5.41, 5.74) is 2.95. The van der Waals surface area contributed by atoms with E-state index in [1.54, 1.807) is 6.07 Å². The molecule has 0 amide bonds. The number of fused-ring (bicyclic) bond motifs is 1. The molecule has 0 atom stereocenters. The first-order chi connectivity index (χ1) is 13.7. The van der Waals surface area contributed by atoms with Gasteiger partial charge in [-0.15, -0.1) is 6.58 Å². The molecule has 0 saturated carbocycles. The topological polar surface area (TPSA) is 39.4 Å². The molecule has 0 spiro atoms. The Kier molecular flexibility index (Phi) is 7.07. The molecule has 0 aliphatic heterocycles. The zero-order valence-electron chi connectivity index (χ0n) is 16.6. The molecule has 1 heterocycles. The average Bonchev–Trinajstić information content (AvgIpc) is 2.72. The largest absolute Gasteiger partial charge is 0.493 e. The first-order valence-electron chi connectivity index (χ1n) is 10.1. The average molecular weight is 376 g/mol. The van der Waals surface area contributed by atoms with E-state index in [0.29, 0.717) is 17.8 Å². The lowest BCUT2D eigenvalue weighted by molar-refractivity contribution is 0.304. The van der Waals surface area contributed by atoms with Crippen molar-refractivity contribution in [1.29, 1.82) is 0 Å². The highest BCUT2D eigenvalue weighted by Gasteiger charge is 2.09. The van der Waals surface area contributed by atoms with Gasteiger partial charge >= 0.3 is 5.63 Å². The van der Waals surface area contributed by atoms with Gasteiger partial charge in [-0.05, 0) is 55.0 Å². The summed E-state index contributed by atoms with van der Waals surface area (Å²) in [5, 5.41) is 0.894. The van der Waals surface area contributed by atoms with E-state index in [9.17, 15) is 4.79 Å². The first kappa shape index (κ1) is 19.9. The van der Waals surface area contributed by atoms with Crippen molar-refractivity contribution in [1.82, 2.24) is 0 Å². The lowest BCUT2D eigenvalue weighted by Crippen LogP contribution is -2.03. The minimum absolute atomic E-state index is 0.323. The van der Waals surface area contributed by atoms with Gasteiger partial charge in [0.15, 0.2) is 0 Å². The normalized spacial score (nSPS) is 10.9. The van der Waals surface area contributed by atoms with Gasteiger partial charge < -0.3 is 9.15 Å². The highest BCUT2D eigenvalue weighted by atomic mass is 16.5. The molecule has 3 heteroatoms. The third kappa shape index (κ3) is 5.13. The summed E-state index contributed by atoms with van der Waals surface area (Å²) in [6, 6.07) is 15.6. The maximum Gasteiger partial charge on any atom is 0.344 e. The smallest absolute Gasteiger partial charge is 0.344 e. The minimum Gasteiger partial charge on any atom is -0.493 e. The van der Waals surface area contributed by atoms with Crippen LogP contribution in [-0.4, -0.2) is 6.61 Å². The molecule has 0 saturated heterocycles. The molecule has 28 heavy (non-hydrogen) atoms. The standard InChI is InChI=1S/C25H28O3/c1-3-5-6-7-8-9-16-27-22-15-14-21-17-23(25(26)28-24(21)18-22)20-12-10-19(4-2)11-13-20/h3,10-15,17-18H,1,4-9,16H2,2H3. The molecule has 0 fully saturated rings. The number of rotatable bonds is 10. The van der Waals surface area contributed by atoms with Crippen molar-refractivity contribution < 1.29 is 9.15 Å². The minimum atomic E-state index is -0.323. The molecule has 2 aromatic carbocycles. The summed E-state index contributed by atoms with van der Waals surface area (Å²) in [5.74, 6) is 0.738. The van der Waals surface area contributed by atoms with Crippen molar-refractivity contribution in [3.63, 3.8) is 0 Å². The first-order valence-corrected chi connectivity index (χ1v) is 10.1. The van der Waals surface area contributed by atoms with Gasteiger partial charge in [0.2, 0.25) is 0 Å². The number of hydrogen-bond donors (Lipinski definition) is 0. The lowest BCUT2D eigenvalue weighted by Gasteiger charge is -2.08. The van der Waals surface area contributed by atoms with Crippen molar-refractivity contribution >= 4 is 11.0 Å². The number of hydrogen-bond acceptors (Lipinski definition) is 3. The third-order valence-electron chi connectivity index (χ3n) is 4.95. The second kappa shape index (κ2) is 9.93. The van der Waals surface area contributed by atoms with Crippen LogP contribution in [0.15, 0.2) is 70.4 Å². The van der Waals surface area contributed by atoms with Crippen LogP contribution in [0, 0.1) is 0 Å². The number of ether oxygens (including phenoxy) is 1. The summed E-state index contributed by atoms with van der Waals surface area (Å²) < 4.78 is 11.4. The Bertz CT molecular complexity index is 967. The molecule has 3 rings (SSSR count). The van der Waals surface area contributed by atoms with E-state index < -0.39 is 0 Å². The van der Waals surface area contributed by atoms with Crippen LogP contribution in [0.4, 0.5) is 0 Å². The van der Waals surface area contributed by atoms with Crippen molar-refractivity contribution in [3.05, 3.63) is 77.2 Å². The Morgan fingerprint density at radius 1 is 1.00 bits per heavy atom. The molecule has 0 aliphatic carbocycles. The van der Waals surface area contributed by atoms with E-state index in [1.807, 2.05) is 48.5 Å². The Hall–Kier alpha value is -2.81. The summed E-state index contributed by atoms with van der Waals surface area (Å²) in [6.07, 6.45) is 8.57. The number of aryl methyl sites for hydroxylation is 1. The molecule has 0 N–H and O–H groups in total. The molecule has 0 unspecified atom stereocenters. The van der Waals surface area contributed by atoms with Gasteiger partial charge in [0.25, 0.3) is 0 Å². The van der Waals surface area contributed by atoms with E-state index in [4.69, 9.17) is 9.15 Å². The second-order valence-corrected chi connectivity index (χ2v) is 7.04. The number of allylic oxidation sites excluding steroid dienone is 1. The Morgan fingerprint density at radius 2 is 1.79 bits per heavy atom. The number of unbranched alkanes of at least 4 members (excludes halogenated alkanes) is 4. The summed E-state index contributed by atoms with van der Waals surface area (Å²) >= 11 is 0. The fourth-order valence-corrected chi connectivity index (χ4v) is 3.24. The molecular formula is C25H28O3. The summed E-state index contributed by atoms with van der Waals surface area (Å²) in [6.45, 7) is 6.52. The Labute approximate surface area is 166 Å². The van der Waals surface area contributed by atoms with Crippen LogP contribution in [0.1, 0.15) is 44.6 Å². The van der Waals surface area contributed by atoms with Crippen LogP contribution in [0.5, 0.6) is 5.75 Å². The van der Waals surface area contributed by atoms with Crippen LogP contribution in [-0.2, 0) is 6.42 Å². The Morgan fingerprint density at radius 3 is 2.54 bits per heavy atom. The predicted molar refractivity (Wildman–Crippen MR) is 116 cm³/mol. The highest BCUT2D eigenvalue weighted by Crippen LogP contribution is 2.25. The van der Waals surface area contributed by atoms with Gasteiger partial charge in [0.05, 0.1) is 12.2 Å². The number of benzene rings is 2. The van der Waals surface area contributed by atoms with Crippen LogP contribution in [0.3, 0.4) is 0 Å². The fraction of sp³-hybridized carbons (Fsp3) is 0.320. The van der Waals surface area contributed by atoms with E-state index >= 15 is 0 Å². The monoisotopic (exact) mass is 376 g/mol. The van der Waals surface area contributed by atoms with Crippen LogP contribution < -0.4 is 10.4 Å². The van der Waals surface area contributed by atoms with Gasteiger partial charge in [-0.3, -0.25) is 0 Å². The van der Waals surface area contributed by atoms with Gasteiger partial charge in [-0.25, -0.2) is 4.79 Å². The van der Waals surface area contributed by atoms with Crippen LogP contribution in [0.2, 0.25) is 0 Å². The molecule has 146 valence electrons. The molecule has 1 aromatic heterocycles. The molecular weight excluding hydrogens is 348 g/mol. The van der Waals surface area contributed by atoms with Gasteiger partial charge in [-0.2, -0.15) is 0 Å². The van der Waals surface area contributed by atoms with Gasteiger partial charge in [0.1, 0.15) is 11.3 Å². The van der Waals surface area contributed by atoms with Crippen molar-refractivity contribution in [3.8, 4) is 16.9 Å². The lowest BCUT2D eigenvalue weighted by atomic mass is 10.0. The molecule has 3 aromatic rings. The zero-order valence-corrected chi connectivity index (χ0v) is 16.6. The zero-order chi connectivity index (χ0) is 19.8. The van der Waals surface area contributed by atoms with Gasteiger partial charge in [-0.1, -0.05) is 50.1 Å². The maximum atomic E-state index is 12.5. The predicted octanol–water partition coefficient (Wildman–Crippen LogP) is 6.54. The van der Waals surface area contributed by atoms with Crippen molar-refractivity contribution in [2.45, 2.75) is 45.4 Å². The summed E-state index contributed by atoms with van der Waals surface area (Å²) in [4.78, 5) is 12.5. The Balaban J connectivity index is 1.68. The van der Waals surface area contributed by atoms with Crippen LogP contribution >= 0.6 is 0 Å². The summed E-state index contributed by atoms with van der Waals surface area (Å²) in [7, 11) is 0. The molecule has 0 radical (unpaired) electrons. The van der Waals surface area contributed by atoms with E-state index in [-0.39, 0.29) is 5.63 Å². The van der Waals surface area contributed by atoms with Crippen LogP contribution in [0.25, 0.3) is 22.1 Å². The highest BCUT2D eigenvalue weighted by molar-refractivity contribution is 5.82. The molecule has 3 nitrogen and oxygen atoms in total. The van der Waals surface area contributed by atoms with Gasteiger partial charge in [0, 0.05) is 11.5 Å². The third-order valence-corrected chi connectivity index (χ3v) is 4.95. The second-order valence-electron chi connectivity index (χ2n) is 7.04. The van der Waals surface area contributed by atoms with Crippen molar-refractivity contribution in [2.75, 3.05) is 6.61 Å². The quantitative estimate of drug-likeness (QED) is 0.229. The van der Waals surface area contributed by atoms with E-state index in [2.05, 4.69) is 13.5 Å². The molecule has 0 bridgehead atoms. The maximum absolute atomic E-state index is 12.5. The molecule has 0 aliphatic rings. The fourth-order valence-electron chi connectivity index (χ4n) is 3.24.